The monoisotopic (exact) mass is 184 g/mol. The molecule has 0 saturated heterocycles. The van der Waals surface area contributed by atoms with Crippen molar-refractivity contribution in [2.45, 2.75) is 46.0 Å². The molecule has 0 rings (SSSR count). The largest absolute Gasteiger partial charge is 0.466 e. The van der Waals surface area contributed by atoms with Crippen LogP contribution in [0.1, 0.15) is 46.0 Å². The Morgan fingerprint density at radius 3 is 2.54 bits per heavy atom. The van der Waals surface area contributed by atoms with Crippen LogP contribution in [0.5, 0.6) is 0 Å². The van der Waals surface area contributed by atoms with Crippen molar-refractivity contribution in [3.8, 4) is 0 Å². The molecular formula is C11H20O2. The van der Waals surface area contributed by atoms with Gasteiger partial charge in [0.15, 0.2) is 0 Å². The number of esters is 1. The van der Waals surface area contributed by atoms with E-state index in [2.05, 4.69) is 11.7 Å². The smallest absolute Gasteiger partial charge is 0.330 e. The van der Waals surface area contributed by atoms with Gasteiger partial charge < -0.3 is 4.74 Å². The summed E-state index contributed by atoms with van der Waals surface area (Å²) in [5.41, 5.74) is 1.11. The summed E-state index contributed by atoms with van der Waals surface area (Å²) in [5, 5.41) is 0. The van der Waals surface area contributed by atoms with Crippen molar-refractivity contribution in [1.29, 1.82) is 0 Å². The lowest BCUT2D eigenvalue weighted by atomic mass is 10.1. The second-order valence-corrected chi connectivity index (χ2v) is 3.32. The predicted octanol–water partition coefficient (Wildman–Crippen LogP) is 3.08. The number of hydrogen-bond donors (Lipinski definition) is 0. The van der Waals surface area contributed by atoms with Crippen LogP contribution in [0.15, 0.2) is 11.6 Å². The molecule has 0 aromatic rings. The second kappa shape index (κ2) is 7.84. The summed E-state index contributed by atoms with van der Waals surface area (Å²) in [6, 6.07) is 0. The van der Waals surface area contributed by atoms with Crippen molar-refractivity contribution in [3.05, 3.63) is 11.6 Å². The minimum atomic E-state index is -0.243. The molecule has 0 radical (unpaired) electrons. The Labute approximate surface area is 81.0 Å². The molecule has 0 spiro atoms. The fourth-order valence-corrected chi connectivity index (χ4v) is 1.16. The summed E-state index contributed by atoms with van der Waals surface area (Å²) in [6.45, 7) is 4.17. The van der Waals surface area contributed by atoms with Gasteiger partial charge in [-0.3, -0.25) is 0 Å². The SMILES string of the molecule is CCCCCC/C(C)=C\C(=O)OC. The Bertz CT molecular complexity index is 171. The van der Waals surface area contributed by atoms with Gasteiger partial charge in [-0.05, 0) is 19.8 Å². The van der Waals surface area contributed by atoms with Crippen molar-refractivity contribution in [1.82, 2.24) is 0 Å². The topological polar surface area (TPSA) is 26.3 Å². The Balaban J connectivity index is 3.55. The summed E-state index contributed by atoms with van der Waals surface area (Å²) in [6.07, 6.45) is 7.54. The van der Waals surface area contributed by atoms with Crippen LogP contribution in [0.4, 0.5) is 0 Å². The van der Waals surface area contributed by atoms with Crippen LogP contribution in [0.3, 0.4) is 0 Å². The zero-order valence-electron chi connectivity index (χ0n) is 8.93. The first kappa shape index (κ1) is 12.2. The zero-order valence-corrected chi connectivity index (χ0v) is 8.93. The first-order valence-corrected chi connectivity index (χ1v) is 4.95. The van der Waals surface area contributed by atoms with E-state index in [4.69, 9.17) is 0 Å². The molecule has 0 aromatic heterocycles. The maximum atomic E-state index is 10.8. The molecule has 0 atom stereocenters. The van der Waals surface area contributed by atoms with Crippen LogP contribution in [0.2, 0.25) is 0 Å². The van der Waals surface area contributed by atoms with E-state index < -0.39 is 0 Å². The number of allylic oxidation sites excluding steroid dienone is 1. The molecule has 76 valence electrons. The average molecular weight is 184 g/mol. The van der Waals surface area contributed by atoms with E-state index in [1.807, 2.05) is 6.92 Å². The van der Waals surface area contributed by atoms with Gasteiger partial charge in [0.1, 0.15) is 0 Å². The van der Waals surface area contributed by atoms with E-state index in [9.17, 15) is 4.79 Å². The maximum Gasteiger partial charge on any atom is 0.330 e. The Morgan fingerprint density at radius 1 is 1.31 bits per heavy atom. The summed E-state index contributed by atoms with van der Waals surface area (Å²) in [5.74, 6) is -0.243. The maximum absolute atomic E-state index is 10.8. The molecule has 0 unspecified atom stereocenters. The van der Waals surface area contributed by atoms with Gasteiger partial charge >= 0.3 is 5.97 Å². The minimum absolute atomic E-state index is 0.243. The van der Waals surface area contributed by atoms with E-state index in [0.29, 0.717) is 0 Å². The van der Waals surface area contributed by atoms with Gasteiger partial charge in [0.2, 0.25) is 0 Å². The molecule has 0 N–H and O–H groups in total. The standard InChI is InChI=1S/C11H20O2/c1-4-5-6-7-8-10(2)9-11(12)13-3/h9H,4-8H2,1-3H3/b10-9-. The molecule has 0 aliphatic heterocycles. The molecule has 2 nitrogen and oxygen atoms in total. The predicted molar refractivity (Wildman–Crippen MR) is 54.5 cm³/mol. The highest BCUT2D eigenvalue weighted by Crippen LogP contribution is 2.09. The lowest BCUT2D eigenvalue weighted by Gasteiger charge is -2.00. The number of hydrogen-bond acceptors (Lipinski definition) is 2. The van der Waals surface area contributed by atoms with Gasteiger partial charge in [-0.15, -0.1) is 0 Å². The van der Waals surface area contributed by atoms with E-state index in [0.717, 1.165) is 12.0 Å². The lowest BCUT2D eigenvalue weighted by molar-refractivity contribution is -0.134. The van der Waals surface area contributed by atoms with Gasteiger partial charge in [-0.1, -0.05) is 31.8 Å². The summed E-state index contributed by atoms with van der Waals surface area (Å²) >= 11 is 0. The molecule has 0 fully saturated rings. The summed E-state index contributed by atoms with van der Waals surface area (Å²) in [4.78, 5) is 10.8. The highest BCUT2D eigenvalue weighted by atomic mass is 16.5. The fourth-order valence-electron chi connectivity index (χ4n) is 1.16. The normalized spacial score (nSPS) is 11.5. The van der Waals surface area contributed by atoms with Crippen LogP contribution in [0.25, 0.3) is 0 Å². The van der Waals surface area contributed by atoms with Crippen LogP contribution < -0.4 is 0 Å². The molecule has 2 heteroatoms. The highest BCUT2D eigenvalue weighted by Gasteiger charge is 1.96. The van der Waals surface area contributed by atoms with E-state index in [-0.39, 0.29) is 5.97 Å². The first-order chi connectivity index (χ1) is 6.20. The fraction of sp³-hybridized carbons (Fsp3) is 0.727. The number of methoxy groups -OCH3 is 1. The van der Waals surface area contributed by atoms with Crippen LogP contribution in [-0.2, 0) is 9.53 Å². The third-order valence-electron chi connectivity index (χ3n) is 1.99. The first-order valence-electron chi connectivity index (χ1n) is 4.95. The van der Waals surface area contributed by atoms with Gasteiger partial charge in [-0.2, -0.15) is 0 Å². The molecule has 0 aliphatic carbocycles. The third kappa shape index (κ3) is 7.57. The van der Waals surface area contributed by atoms with Crippen molar-refractivity contribution < 1.29 is 9.53 Å². The molecule has 0 amide bonds. The molecule has 0 heterocycles. The minimum Gasteiger partial charge on any atom is -0.466 e. The molecular weight excluding hydrogens is 164 g/mol. The average Bonchev–Trinajstić information content (AvgIpc) is 2.12. The molecule has 0 aromatic carbocycles. The number of carbonyl (C=O) groups is 1. The van der Waals surface area contributed by atoms with Crippen molar-refractivity contribution in [2.75, 3.05) is 7.11 Å². The van der Waals surface area contributed by atoms with Crippen LogP contribution >= 0.6 is 0 Å². The lowest BCUT2D eigenvalue weighted by Crippen LogP contribution is -1.95. The summed E-state index contributed by atoms with van der Waals surface area (Å²) < 4.78 is 4.53. The Hall–Kier alpha value is -0.790. The number of carbonyl (C=O) groups excluding carboxylic acids is 1. The Morgan fingerprint density at radius 2 is 2.00 bits per heavy atom. The molecule has 13 heavy (non-hydrogen) atoms. The molecule has 0 saturated carbocycles. The third-order valence-corrected chi connectivity index (χ3v) is 1.99. The van der Waals surface area contributed by atoms with Crippen molar-refractivity contribution in [2.24, 2.45) is 0 Å². The number of rotatable bonds is 6. The number of unbranched alkanes of at least 4 members (excludes halogenated alkanes) is 3. The van der Waals surface area contributed by atoms with E-state index in [1.165, 1.54) is 32.8 Å². The Kier molecular flexibility index (Phi) is 7.36. The van der Waals surface area contributed by atoms with Gasteiger partial charge in [0, 0.05) is 6.08 Å². The molecule has 0 aliphatic rings. The second-order valence-electron chi connectivity index (χ2n) is 3.32. The quantitative estimate of drug-likeness (QED) is 0.360. The number of ether oxygens (including phenoxy) is 1. The highest BCUT2D eigenvalue weighted by molar-refractivity contribution is 5.82. The van der Waals surface area contributed by atoms with E-state index >= 15 is 0 Å². The van der Waals surface area contributed by atoms with E-state index in [1.54, 1.807) is 6.08 Å². The van der Waals surface area contributed by atoms with Crippen LogP contribution in [-0.4, -0.2) is 13.1 Å². The van der Waals surface area contributed by atoms with Crippen molar-refractivity contribution >= 4 is 5.97 Å². The zero-order chi connectivity index (χ0) is 10.1. The molecule has 0 bridgehead atoms. The van der Waals surface area contributed by atoms with Gasteiger partial charge in [0.25, 0.3) is 0 Å². The van der Waals surface area contributed by atoms with Crippen LogP contribution in [0, 0.1) is 0 Å². The summed E-state index contributed by atoms with van der Waals surface area (Å²) in [7, 11) is 1.41. The van der Waals surface area contributed by atoms with Crippen molar-refractivity contribution in [3.63, 3.8) is 0 Å². The van der Waals surface area contributed by atoms with Gasteiger partial charge in [0.05, 0.1) is 7.11 Å². The van der Waals surface area contributed by atoms with Gasteiger partial charge in [-0.25, -0.2) is 4.79 Å².